The molecule has 130 valence electrons. The summed E-state index contributed by atoms with van der Waals surface area (Å²) in [6, 6.07) is 8.69. The lowest BCUT2D eigenvalue weighted by Crippen LogP contribution is -2.41. The van der Waals surface area contributed by atoms with E-state index in [4.69, 9.17) is 9.15 Å². The Bertz CT molecular complexity index is 813. The number of hydrogen-bond donors (Lipinski definition) is 1. The van der Waals surface area contributed by atoms with Crippen molar-refractivity contribution in [3.63, 3.8) is 0 Å². The molecule has 1 saturated heterocycles. The number of rotatable bonds is 5. The predicted octanol–water partition coefficient (Wildman–Crippen LogP) is 1.72. The van der Waals surface area contributed by atoms with Crippen molar-refractivity contribution in [3.8, 4) is 11.5 Å². The van der Waals surface area contributed by atoms with Crippen LogP contribution in [0.5, 0.6) is 0 Å². The van der Waals surface area contributed by atoms with Crippen molar-refractivity contribution in [1.82, 2.24) is 15.2 Å². The standard InChI is InChI=1S/C17H17N3O5/c1-17(2)15(22)20(16(23)19-17)8-13(21)24-9-12-10-25-14(18-12)11-6-4-3-5-7-11/h3-7,10H,8-9H2,1-2H3,(H,19,23). The van der Waals surface area contributed by atoms with Crippen LogP contribution in [0.4, 0.5) is 4.79 Å². The molecule has 0 atom stereocenters. The van der Waals surface area contributed by atoms with E-state index < -0.39 is 30.0 Å². The van der Waals surface area contributed by atoms with Crippen molar-refractivity contribution >= 4 is 17.9 Å². The fourth-order valence-electron chi connectivity index (χ4n) is 2.38. The number of benzene rings is 1. The molecule has 0 spiro atoms. The number of nitrogens with one attached hydrogen (secondary N) is 1. The second-order valence-corrected chi connectivity index (χ2v) is 6.12. The number of aromatic nitrogens is 1. The Morgan fingerprint density at radius 2 is 2.00 bits per heavy atom. The third kappa shape index (κ3) is 3.52. The van der Waals surface area contributed by atoms with E-state index >= 15 is 0 Å². The Balaban J connectivity index is 1.56. The summed E-state index contributed by atoms with van der Waals surface area (Å²) in [5.74, 6) is -0.754. The van der Waals surface area contributed by atoms with Crippen molar-refractivity contribution in [1.29, 1.82) is 0 Å². The van der Waals surface area contributed by atoms with Crippen molar-refractivity contribution in [2.45, 2.75) is 26.0 Å². The molecule has 1 aliphatic rings. The van der Waals surface area contributed by atoms with Gasteiger partial charge in [-0.1, -0.05) is 18.2 Å². The molecule has 1 aromatic carbocycles. The van der Waals surface area contributed by atoms with Gasteiger partial charge in [-0.2, -0.15) is 0 Å². The van der Waals surface area contributed by atoms with Crippen molar-refractivity contribution in [2.75, 3.05) is 6.54 Å². The van der Waals surface area contributed by atoms with Crippen LogP contribution < -0.4 is 5.32 Å². The molecular formula is C17H17N3O5. The SMILES string of the molecule is CC1(C)NC(=O)N(CC(=O)OCc2coc(-c3ccccc3)n2)C1=O. The molecule has 0 saturated carbocycles. The van der Waals surface area contributed by atoms with E-state index in [1.165, 1.54) is 6.26 Å². The summed E-state index contributed by atoms with van der Waals surface area (Å²) >= 11 is 0. The summed E-state index contributed by atoms with van der Waals surface area (Å²) in [5.41, 5.74) is 0.222. The molecule has 2 aromatic rings. The van der Waals surface area contributed by atoms with Crippen LogP contribution in [0.25, 0.3) is 11.5 Å². The van der Waals surface area contributed by atoms with Gasteiger partial charge in [0.2, 0.25) is 5.89 Å². The molecule has 3 rings (SSSR count). The molecule has 0 unspecified atom stereocenters. The smallest absolute Gasteiger partial charge is 0.326 e. The van der Waals surface area contributed by atoms with Crippen LogP contribution in [0.1, 0.15) is 19.5 Å². The van der Waals surface area contributed by atoms with Crippen LogP contribution >= 0.6 is 0 Å². The maximum atomic E-state index is 12.0. The van der Waals surface area contributed by atoms with Gasteiger partial charge >= 0.3 is 12.0 Å². The Hall–Kier alpha value is -3.16. The number of ether oxygens (including phenoxy) is 1. The molecule has 8 nitrogen and oxygen atoms in total. The Morgan fingerprint density at radius 1 is 1.28 bits per heavy atom. The van der Waals surface area contributed by atoms with Crippen LogP contribution in [0.3, 0.4) is 0 Å². The third-order valence-electron chi connectivity index (χ3n) is 3.69. The van der Waals surface area contributed by atoms with E-state index in [9.17, 15) is 14.4 Å². The zero-order valence-corrected chi connectivity index (χ0v) is 13.8. The van der Waals surface area contributed by atoms with Gasteiger partial charge < -0.3 is 14.5 Å². The van der Waals surface area contributed by atoms with Gasteiger partial charge in [0.25, 0.3) is 5.91 Å². The summed E-state index contributed by atoms with van der Waals surface area (Å²) in [5, 5.41) is 2.50. The number of esters is 1. The van der Waals surface area contributed by atoms with Crippen LogP contribution in [0.15, 0.2) is 41.0 Å². The van der Waals surface area contributed by atoms with E-state index in [2.05, 4.69) is 10.3 Å². The molecule has 1 aromatic heterocycles. The fourth-order valence-corrected chi connectivity index (χ4v) is 2.38. The minimum atomic E-state index is -1.02. The van der Waals surface area contributed by atoms with E-state index in [0.29, 0.717) is 11.6 Å². The lowest BCUT2D eigenvalue weighted by atomic mass is 10.1. The minimum absolute atomic E-state index is 0.109. The number of amides is 3. The van der Waals surface area contributed by atoms with Crippen molar-refractivity contribution in [3.05, 3.63) is 42.3 Å². The topological polar surface area (TPSA) is 102 Å². The second kappa shape index (κ2) is 6.39. The number of carbonyl (C=O) groups excluding carboxylic acids is 3. The van der Waals surface area contributed by atoms with Crippen LogP contribution in [-0.4, -0.2) is 39.9 Å². The lowest BCUT2D eigenvalue weighted by Gasteiger charge is -2.15. The Morgan fingerprint density at radius 3 is 2.64 bits per heavy atom. The number of hydrogen-bond acceptors (Lipinski definition) is 6. The van der Waals surface area contributed by atoms with Crippen LogP contribution in [0.2, 0.25) is 0 Å². The van der Waals surface area contributed by atoms with E-state index in [0.717, 1.165) is 10.5 Å². The van der Waals surface area contributed by atoms with Gasteiger partial charge in [-0.3, -0.25) is 14.5 Å². The normalized spacial score (nSPS) is 16.0. The molecule has 1 fully saturated rings. The molecule has 0 aliphatic carbocycles. The maximum absolute atomic E-state index is 12.0. The summed E-state index contributed by atoms with van der Waals surface area (Å²) in [6.45, 7) is 2.58. The zero-order valence-electron chi connectivity index (χ0n) is 13.8. The lowest BCUT2D eigenvalue weighted by molar-refractivity contribution is -0.148. The summed E-state index contributed by atoms with van der Waals surface area (Å²) < 4.78 is 10.4. The molecule has 25 heavy (non-hydrogen) atoms. The summed E-state index contributed by atoms with van der Waals surface area (Å²) in [4.78, 5) is 40.7. The highest BCUT2D eigenvalue weighted by molar-refractivity contribution is 6.08. The number of nitrogens with zero attached hydrogens (tertiary/aromatic N) is 2. The Labute approximate surface area is 143 Å². The molecular weight excluding hydrogens is 326 g/mol. The first-order valence-electron chi connectivity index (χ1n) is 7.66. The highest BCUT2D eigenvalue weighted by atomic mass is 16.5. The summed E-state index contributed by atoms with van der Waals surface area (Å²) in [7, 11) is 0. The Kier molecular flexibility index (Phi) is 4.26. The highest BCUT2D eigenvalue weighted by Gasteiger charge is 2.45. The van der Waals surface area contributed by atoms with Gasteiger partial charge in [-0.05, 0) is 26.0 Å². The van der Waals surface area contributed by atoms with Gasteiger partial charge in [0.1, 0.15) is 30.6 Å². The average molecular weight is 343 g/mol. The van der Waals surface area contributed by atoms with Gasteiger partial charge in [0, 0.05) is 5.56 Å². The van der Waals surface area contributed by atoms with E-state index in [1.807, 2.05) is 30.3 Å². The zero-order chi connectivity index (χ0) is 18.0. The monoisotopic (exact) mass is 343 g/mol. The molecule has 1 N–H and O–H groups in total. The van der Waals surface area contributed by atoms with E-state index in [-0.39, 0.29) is 6.61 Å². The van der Waals surface area contributed by atoms with Gasteiger partial charge in [-0.15, -0.1) is 0 Å². The molecule has 8 heteroatoms. The van der Waals surface area contributed by atoms with Gasteiger partial charge in [0.05, 0.1) is 0 Å². The number of imide groups is 1. The second-order valence-electron chi connectivity index (χ2n) is 6.12. The first kappa shape index (κ1) is 16.7. The number of oxazole rings is 1. The largest absolute Gasteiger partial charge is 0.458 e. The first-order chi connectivity index (χ1) is 11.9. The van der Waals surface area contributed by atoms with Gasteiger partial charge in [-0.25, -0.2) is 9.78 Å². The molecule has 2 heterocycles. The molecule has 0 radical (unpaired) electrons. The van der Waals surface area contributed by atoms with Gasteiger partial charge in [0.15, 0.2) is 0 Å². The fraction of sp³-hybridized carbons (Fsp3) is 0.294. The van der Waals surface area contributed by atoms with Crippen molar-refractivity contribution < 1.29 is 23.5 Å². The average Bonchev–Trinajstić information content (AvgIpc) is 3.13. The molecule has 3 amide bonds. The number of urea groups is 1. The number of carbonyl (C=O) groups is 3. The highest BCUT2D eigenvalue weighted by Crippen LogP contribution is 2.19. The predicted molar refractivity (Wildman–Crippen MR) is 86.1 cm³/mol. The molecule has 0 bridgehead atoms. The minimum Gasteiger partial charge on any atom is -0.458 e. The van der Waals surface area contributed by atoms with Crippen LogP contribution in [0, 0.1) is 0 Å². The van der Waals surface area contributed by atoms with Crippen molar-refractivity contribution in [2.24, 2.45) is 0 Å². The summed E-state index contributed by atoms with van der Waals surface area (Å²) in [6.07, 6.45) is 1.40. The quantitative estimate of drug-likeness (QED) is 0.655. The van der Waals surface area contributed by atoms with E-state index in [1.54, 1.807) is 13.8 Å². The molecule has 1 aliphatic heterocycles. The maximum Gasteiger partial charge on any atom is 0.326 e. The van der Waals surface area contributed by atoms with Crippen LogP contribution in [-0.2, 0) is 20.9 Å². The third-order valence-corrected chi connectivity index (χ3v) is 3.69. The first-order valence-corrected chi connectivity index (χ1v) is 7.66.